The first-order chi connectivity index (χ1) is 11.6. The van der Waals surface area contributed by atoms with Gasteiger partial charge in [-0.1, -0.05) is 36.8 Å². The molecule has 1 amide bonds. The zero-order valence-electron chi connectivity index (χ0n) is 14.6. The fourth-order valence-electron chi connectivity index (χ4n) is 2.16. The summed E-state index contributed by atoms with van der Waals surface area (Å²) in [6.07, 6.45) is 1.09. The maximum absolute atomic E-state index is 12.0. The van der Waals surface area contributed by atoms with E-state index in [1.54, 1.807) is 0 Å². The smallest absolute Gasteiger partial charge is 0.262 e. The first-order valence-corrected chi connectivity index (χ1v) is 8.38. The molecule has 0 saturated carbocycles. The van der Waals surface area contributed by atoms with Crippen molar-refractivity contribution >= 4 is 11.6 Å². The second-order valence-electron chi connectivity index (χ2n) is 6.04. The van der Waals surface area contributed by atoms with Crippen molar-refractivity contribution < 1.29 is 9.53 Å². The Bertz CT molecular complexity index is 653. The van der Waals surface area contributed by atoms with Crippen molar-refractivity contribution in [2.45, 2.75) is 39.8 Å². The zero-order valence-corrected chi connectivity index (χ0v) is 14.6. The number of aryl methyl sites for hydroxylation is 1. The van der Waals surface area contributed by atoms with Crippen molar-refractivity contribution in [3.05, 3.63) is 59.7 Å². The van der Waals surface area contributed by atoms with E-state index in [9.17, 15) is 4.79 Å². The highest BCUT2D eigenvalue weighted by Crippen LogP contribution is 2.14. The molecule has 1 atom stereocenters. The lowest BCUT2D eigenvalue weighted by Crippen LogP contribution is -2.24. The Hall–Kier alpha value is -2.33. The van der Waals surface area contributed by atoms with Gasteiger partial charge in [0.05, 0.1) is 0 Å². The van der Waals surface area contributed by atoms with E-state index in [1.165, 1.54) is 0 Å². The number of hydrogen-bond acceptors (Lipinski definition) is 3. The molecule has 2 rings (SSSR count). The SMILES string of the molecule is CC[C@H](C)NCc1cccc(OCC(=O)Nc2ccc(C)cc2)c1. The number of carbonyl (C=O) groups excluding carboxylic acids is 1. The van der Waals surface area contributed by atoms with Crippen LogP contribution in [0.25, 0.3) is 0 Å². The summed E-state index contributed by atoms with van der Waals surface area (Å²) in [6, 6.07) is 16.0. The van der Waals surface area contributed by atoms with E-state index in [4.69, 9.17) is 4.74 Å². The van der Waals surface area contributed by atoms with Gasteiger partial charge in [-0.3, -0.25) is 4.79 Å². The summed E-state index contributed by atoms with van der Waals surface area (Å²) in [6.45, 7) is 7.12. The number of carbonyl (C=O) groups is 1. The van der Waals surface area contributed by atoms with E-state index in [2.05, 4.69) is 30.5 Å². The molecule has 4 nitrogen and oxygen atoms in total. The number of nitrogens with one attached hydrogen (secondary N) is 2. The summed E-state index contributed by atoms with van der Waals surface area (Å²) in [5, 5.41) is 6.27. The monoisotopic (exact) mass is 326 g/mol. The van der Waals surface area contributed by atoms with E-state index in [0.717, 1.165) is 29.8 Å². The van der Waals surface area contributed by atoms with Crippen LogP contribution in [0.3, 0.4) is 0 Å². The summed E-state index contributed by atoms with van der Waals surface area (Å²) < 4.78 is 5.60. The van der Waals surface area contributed by atoms with Crippen LogP contribution < -0.4 is 15.4 Å². The molecule has 2 aromatic rings. The predicted octanol–water partition coefficient (Wildman–Crippen LogP) is 3.90. The number of benzene rings is 2. The van der Waals surface area contributed by atoms with Crippen LogP contribution in [-0.4, -0.2) is 18.6 Å². The minimum atomic E-state index is -0.165. The third-order valence-electron chi connectivity index (χ3n) is 3.87. The molecule has 0 heterocycles. The van der Waals surface area contributed by atoms with Gasteiger partial charge in [-0.25, -0.2) is 0 Å². The lowest BCUT2D eigenvalue weighted by atomic mass is 10.2. The first kappa shape index (κ1) is 18.0. The molecule has 24 heavy (non-hydrogen) atoms. The van der Waals surface area contributed by atoms with Crippen LogP contribution in [0.4, 0.5) is 5.69 Å². The Morgan fingerprint density at radius 3 is 2.62 bits per heavy atom. The van der Waals surface area contributed by atoms with E-state index in [-0.39, 0.29) is 12.5 Å². The Morgan fingerprint density at radius 1 is 1.17 bits per heavy atom. The molecule has 4 heteroatoms. The van der Waals surface area contributed by atoms with Crippen LogP contribution in [0.2, 0.25) is 0 Å². The molecule has 128 valence electrons. The Balaban J connectivity index is 1.82. The van der Waals surface area contributed by atoms with Crippen LogP contribution in [0.5, 0.6) is 5.75 Å². The van der Waals surface area contributed by atoms with Gasteiger partial charge >= 0.3 is 0 Å². The van der Waals surface area contributed by atoms with Gasteiger partial charge in [0.2, 0.25) is 0 Å². The number of ether oxygens (including phenoxy) is 1. The second kappa shape index (κ2) is 9.08. The summed E-state index contributed by atoms with van der Waals surface area (Å²) in [5.74, 6) is 0.541. The number of anilines is 1. The molecular weight excluding hydrogens is 300 g/mol. The Kier molecular flexibility index (Phi) is 6.82. The van der Waals surface area contributed by atoms with Crippen molar-refractivity contribution in [3.63, 3.8) is 0 Å². The maximum Gasteiger partial charge on any atom is 0.262 e. The largest absolute Gasteiger partial charge is 0.484 e. The molecule has 0 aliphatic carbocycles. The van der Waals surface area contributed by atoms with Crippen molar-refractivity contribution in [2.24, 2.45) is 0 Å². The molecule has 0 aromatic heterocycles. The van der Waals surface area contributed by atoms with E-state index < -0.39 is 0 Å². The number of hydrogen-bond donors (Lipinski definition) is 2. The summed E-state index contributed by atoms with van der Waals surface area (Å²) in [4.78, 5) is 12.0. The quantitative estimate of drug-likeness (QED) is 0.773. The maximum atomic E-state index is 12.0. The lowest BCUT2D eigenvalue weighted by molar-refractivity contribution is -0.118. The highest BCUT2D eigenvalue weighted by atomic mass is 16.5. The standard InChI is InChI=1S/C20H26N2O2/c1-4-16(3)21-13-17-6-5-7-19(12-17)24-14-20(23)22-18-10-8-15(2)9-11-18/h5-12,16,21H,4,13-14H2,1-3H3,(H,22,23)/t16-/m0/s1. The molecule has 0 aliphatic rings. The summed E-state index contributed by atoms with van der Waals surface area (Å²) in [7, 11) is 0. The molecule has 0 saturated heterocycles. The molecule has 0 fully saturated rings. The van der Waals surface area contributed by atoms with E-state index in [1.807, 2.05) is 49.4 Å². The van der Waals surface area contributed by atoms with Gasteiger partial charge < -0.3 is 15.4 Å². The van der Waals surface area contributed by atoms with Gasteiger partial charge in [-0.05, 0) is 50.1 Å². The third kappa shape index (κ3) is 6.05. The minimum absolute atomic E-state index is 0.00385. The van der Waals surface area contributed by atoms with Crippen LogP contribution in [0.15, 0.2) is 48.5 Å². The van der Waals surface area contributed by atoms with Crippen molar-refractivity contribution in [2.75, 3.05) is 11.9 Å². The van der Waals surface area contributed by atoms with Crippen LogP contribution in [0.1, 0.15) is 31.4 Å². The normalized spacial score (nSPS) is 11.8. The average Bonchev–Trinajstić information content (AvgIpc) is 2.60. The molecule has 2 aromatic carbocycles. The van der Waals surface area contributed by atoms with Crippen molar-refractivity contribution in [1.29, 1.82) is 0 Å². The van der Waals surface area contributed by atoms with Crippen molar-refractivity contribution in [1.82, 2.24) is 5.32 Å². The summed E-state index contributed by atoms with van der Waals surface area (Å²) >= 11 is 0. The molecular formula is C20H26N2O2. The summed E-state index contributed by atoms with van der Waals surface area (Å²) in [5.41, 5.74) is 3.08. The number of amides is 1. The van der Waals surface area contributed by atoms with Crippen LogP contribution in [-0.2, 0) is 11.3 Å². The highest BCUT2D eigenvalue weighted by Gasteiger charge is 2.05. The molecule has 0 aliphatic heterocycles. The minimum Gasteiger partial charge on any atom is -0.484 e. The molecule has 2 N–H and O–H groups in total. The first-order valence-electron chi connectivity index (χ1n) is 8.38. The predicted molar refractivity (Wildman–Crippen MR) is 98.3 cm³/mol. The van der Waals surface area contributed by atoms with E-state index >= 15 is 0 Å². The van der Waals surface area contributed by atoms with Gasteiger partial charge in [-0.15, -0.1) is 0 Å². The van der Waals surface area contributed by atoms with E-state index in [0.29, 0.717) is 11.8 Å². The Labute approximate surface area is 144 Å². The topological polar surface area (TPSA) is 50.4 Å². The van der Waals surface area contributed by atoms with Crippen LogP contribution in [0, 0.1) is 6.92 Å². The van der Waals surface area contributed by atoms with Gasteiger partial charge in [0.25, 0.3) is 5.91 Å². The second-order valence-corrected chi connectivity index (χ2v) is 6.04. The van der Waals surface area contributed by atoms with Crippen molar-refractivity contribution in [3.8, 4) is 5.75 Å². The molecule has 0 unspecified atom stereocenters. The van der Waals surface area contributed by atoms with Crippen LogP contribution >= 0.6 is 0 Å². The van der Waals surface area contributed by atoms with Gasteiger partial charge in [-0.2, -0.15) is 0 Å². The van der Waals surface area contributed by atoms with Gasteiger partial charge in [0.15, 0.2) is 6.61 Å². The Morgan fingerprint density at radius 2 is 1.92 bits per heavy atom. The fraction of sp³-hybridized carbons (Fsp3) is 0.350. The molecule has 0 spiro atoms. The fourth-order valence-corrected chi connectivity index (χ4v) is 2.16. The van der Waals surface area contributed by atoms with Gasteiger partial charge in [0, 0.05) is 18.3 Å². The van der Waals surface area contributed by atoms with Gasteiger partial charge in [0.1, 0.15) is 5.75 Å². The number of rotatable bonds is 8. The zero-order chi connectivity index (χ0) is 17.4. The lowest BCUT2D eigenvalue weighted by Gasteiger charge is -2.12. The molecule has 0 radical (unpaired) electrons. The third-order valence-corrected chi connectivity index (χ3v) is 3.87. The molecule has 0 bridgehead atoms. The highest BCUT2D eigenvalue weighted by molar-refractivity contribution is 5.91. The average molecular weight is 326 g/mol.